The first-order valence-corrected chi connectivity index (χ1v) is 5.49. The molecule has 0 aromatic heterocycles. The number of hydrogen-bond donors (Lipinski definition) is 1. The highest BCUT2D eigenvalue weighted by Gasteiger charge is 1.98. The fourth-order valence-electron chi connectivity index (χ4n) is 1.45. The van der Waals surface area contributed by atoms with Gasteiger partial charge in [-0.05, 0) is 30.3 Å². The number of rotatable bonds is 3. The van der Waals surface area contributed by atoms with Gasteiger partial charge in [-0.1, -0.05) is 23.4 Å². The maximum Gasteiger partial charge on any atom is 0.105 e. The van der Waals surface area contributed by atoms with Crippen LogP contribution in [0.4, 0.5) is 11.4 Å². The fraction of sp³-hybridized carbons (Fsp3) is 0. The van der Waals surface area contributed by atoms with Gasteiger partial charge in [0.05, 0.1) is 22.9 Å². The summed E-state index contributed by atoms with van der Waals surface area (Å²) in [6.07, 6.45) is 0. The molecule has 2 aromatic rings. The van der Waals surface area contributed by atoms with Gasteiger partial charge in [0.2, 0.25) is 0 Å². The summed E-state index contributed by atoms with van der Waals surface area (Å²) in [4.78, 5) is 0. The van der Waals surface area contributed by atoms with E-state index >= 15 is 0 Å². The number of nitrogens with zero attached hydrogens (tertiary/aromatic N) is 4. The molecule has 0 heterocycles. The molecule has 0 atom stereocenters. The Hall–Kier alpha value is -3.18. The van der Waals surface area contributed by atoms with Gasteiger partial charge < -0.3 is 0 Å². The smallest absolute Gasteiger partial charge is 0.105 e. The van der Waals surface area contributed by atoms with Crippen LogP contribution in [0.15, 0.2) is 58.9 Å². The largest absolute Gasteiger partial charge is 0.260 e. The first kappa shape index (κ1) is 12.3. The Morgan fingerprint density at radius 2 is 1.79 bits per heavy atom. The lowest BCUT2D eigenvalue weighted by atomic mass is 10.2. The molecule has 2 aromatic carbocycles. The van der Waals surface area contributed by atoms with Crippen molar-refractivity contribution in [1.82, 2.24) is 0 Å². The van der Waals surface area contributed by atoms with Crippen molar-refractivity contribution in [2.24, 2.45) is 10.3 Å². The molecule has 1 N–H and O–H groups in total. The number of hydrogen-bond acceptors (Lipinski definition) is 4. The summed E-state index contributed by atoms with van der Waals surface area (Å²) >= 11 is 0. The summed E-state index contributed by atoms with van der Waals surface area (Å²) in [5, 5.41) is 25.4. The van der Waals surface area contributed by atoms with Crippen molar-refractivity contribution in [1.29, 1.82) is 10.5 Å². The number of benzene rings is 2. The average Bonchev–Trinajstić information content (AvgIpc) is 2.48. The molecular formula is C14H9N5. The highest BCUT2D eigenvalue weighted by Crippen LogP contribution is 2.18. The van der Waals surface area contributed by atoms with E-state index in [1.165, 1.54) is 0 Å². The van der Waals surface area contributed by atoms with Gasteiger partial charge in [0, 0.05) is 0 Å². The molecule has 0 spiro atoms. The molecule has 0 amide bonds. The Morgan fingerprint density at radius 1 is 0.947 bits per heavy atom. The number of nitrogens with one attached hydrogen (secondary N) is 1. The van der Waals surface area contributed by atoms with Crippen LogP contribution in [0.5, 0.6) is 0 Å². The summed E-state index contributed by atoms with van der Waals surface area (Å²) in [7, 11) is 0. The molecule has 19 heavy (non-hydrogen) atoms. The minimum Gasteiger partial charge on any atom is -0.260 e. The highest BCUT2D eigenvalue weighted by atomic mass is 15.4. The maximum absolute atomic E-state index is 8.89. The molecule has 2 rings (SSSR count). The van der Waals surface area contributed by atoms with Crippen LogP contribution < -0.4 is 5.43 Å². The third-order valence-electron chi connectivity index (χ3n) is 2.35. The van der Waals surface area contributed by atoms with E-state index in [4.69, 9.17) is 10.5 Å². The predicted molar refractivity (Wildman–Crippen MR) is 70.5 cm³/mol. The summed E-state index contributed by atoms with van der Waals surface area (Å²) in [6.45, 7) is 0. The van der Waals surface area contributed by atoms with Crippen molar-refractivity contribution in [3.63, 3.8) is 0 Å². The average molecular weight is 247 g/mol. The highest BCUT2D eigenvalue weighted by molar-refractivity contribution is 5.52. The standard InChI is InChI=1S/C14H9N5/c15-9-11-4-3-6-13(8-11)17-19-18-14-7-2-1-5-12(14)10-16/h1-8H,(H,17,18). The fourth-order valence-corrected chi connectivity index (χ4v) is 1.45. The van der Waals surface area contributed by atoms with Crippen molar-refractivity contribution >= 4 is 11.4 Å². The van der Waals surface area contributed by atoms with Crippen LogP contribution in [0.2, 0.25) is 0 Å². The summed E-state index contributed by atoms with van der Waals surface area (Å²) < 4.78 is 0. The monoisotopic (exact) mass is 247 g/mol. The van der Waals surface area contributed by atoms with E-state index in [9.17, 15) is 0 Å². The normalized spacial score (nSPS) is 9.79. The topological polar surface area (TPSA) is 84.3 Å². The lowest BCUT2D eigenvalue weighted by Gasteiger charge is -1.99. The van der Waals surface area contributed by atoms with E-state index < -0.39 is 0 Å². The lowest BCUT2D eigenvalue weighted by molar-refractivity contribution is 1.13. The van der Waals surface area contributed by atoms with Gasteiger partial charge in [0.1, 0.15) is 11.8 Å². The Bertz CT molecular complexity index is 691. The van der Waals surface area contributed by atoms with Crippen molar-refractivity contribution in [3.05, 3.63) is 59.7 Å². The molecule has 0 saturated carbocycles. The van der Waals surface area contributed by atoms with Crippen molar-refractivity contribution in [2.45, 2.75) is 0 Å². The van der Waals surface area contributed by atoms with Gasteiger partial charge in [-0.15, -0.1) is 5.11 Å². The maximum atomic E-state index is 8.89. The van der Waals surface area contributed by atoms with Crippen LogP contribution in [0, 0.1) is 22.7 Å². The first-order valence-electron chi connectivity index (χ1n) is 5.49. The van der Waals surface area contributed by atoms with E-state index in [0.717, 1.165) is 0 Å². The van der Waals surface area contributed by atoms with E-state index in [1.54, 1.807) is 48.5 Å². The third-order valence-corrected chi connectivity index (χ3v) is 2.35. The van der Waals surface area contributed by atoms with Crippen LogP contribution in [0.3, 0.4) is 0 Å². The van der Waals surface area contributed by atoms with Crippen molar-refractivity contribution in [2.75, 3.05) is 5.43 Å². The van der Waals surface area contributed by atoms with Crippen LogP contribution in [-0.2, 0) is 0 Å². The predicted octanol–water partition coefficient (Wildman–Crippen LogP) is 3.54. The molecule has 0 saturated heterocycles. The van der Waals surface area contributed by atoms with Crippen molar-refractivity contribution in [3.8, 4) is 12.1 Å². The van der Waals surface area contributed by atoms with E-state index in [-0.39, 0.29) is 0 Å². The molecule has 0 radical (unpaired) electrons. The van der Waals surface area contributed by atoms with E-state index in [1.807, 2.05) is 12.1 Å². The Morgan fingerprint density at radius 3 is 2.58 bits per heavy atom. The van der Waals surface area contributed by atoms with E-state index in [2.05, 4.69) is 15.8 Å². The third kappa shape index (κ3) is 3.15. The van der Waals surface area contributed by atoms with Gasteiger partial charge in [0.15, 0.2) is 0 Å². The SMILES string of the molecule is N#Cc1cccc(NN=Nc2ccccc2C#N)c1. The lowest BCUT2D eigenvalue weighted by Crippen LogP contribution is -1.87. The second-order valence-electron chi connectivity index (χ2n) is 3.63. The Labute approximate surface area is 110 Å². The second kappa shape index (κ2) is 5.95. The Balaban J connectivity index is 2.12. The minimum absolute atomic E-state index is 0.457. The zero-order valence-electron chi connectivity index (χ0n) is 9.91. The van der Waals surface area contributed by atoms with Gasteiger partial charge in [0.25, 0.3) is 0 Å². The second-order valence-corrected chi connectivity index (χ2v) is 3.63. The quantitative estimate of drug-likeness (QED) is 0.664. The van der Waals surface area contributed by atoms with Gasteiger partial charge in [-0.3, -0.25) is 5.43 Å². The molecule has 0 aliphatic rings. The summed E-state index contributed by atoms with van der Waals surface area (Å²) in [6, 6.07) is 17.9. The van der Waals surface area contributed by atoms with Crippen LogP contribution in [0.1, 0.15) is 11.1 Å². The van der Waals surface area contributed by atoms with Crippen molar-refractivity contribution < 1.29 is 0 Å². The zero-order valence-corrected chi connectivity index (χ0v) is 9.91. The number of anilines is 1. The Kier molecular flexibility index (Phi) is 3.84. The molecular weight excluding hydrogens is 238 g/mol. The molecule has 90 valence electrons. The van der Waals surface area contributed by atoms with Crippen LogP contribution in [-0.4, -0.2) is 0 Å². The molecule has 0 aliphatic heterocycles. The molecule has 5 nitrogen and oxygen atoms in total. The molecule has 0 unspecified atom stereocenters. The zero-order chi connectivity index (χ0) is 13.5. The molecule has 5 heteroatoms. The molecule has 0 bridgehead atoms. The summed E-state index contributed by atoms with van der Waals surface area (Å²) in [5.74, 6) is 0. The van der Waals surface area contributed by atoms with E-state index in [0.29, 0.717) is 22.5 Å². The van der Waals surface area contributed by atoms with Gasteiger partial charge >= 0.3 is 0 Å². The summed E-state index contributed by atoms with van der Waals surface area (Å²) in [5.41, 5.74) is 4.87. The molecule has 0 aliphatic carbocycles. The first-order chi connectivity index (χ1) is 9.33. The van der Waals surface area contributed by atoms with Gasteiger partial charge in [-0.25, -0.2) is 0 Å². The minimum atomic E-state index is 0.457. The molecule has 0 fully saturated rings. The van der Waals surface area contributed by atoms with Crippen LogP contribution >= 0.6 is 0 Å². The van der Waals surface area contributed by atoms with Crippen LogP contribution in [0.25, 0.3) is 0 Å². The van der Waals surface area contributed by atoms with Gasteiger partial charge in [-0.2, -0.15) is 10.5 Å². The number of nitriles is 2.